The minimum absolute atomic E-state index is 0.506. The summed E-state index contributed by atoms with van der Waals surface area (Å²) >= 11 is 0. The zero-order valence-corrected chi connectivity index (χ0v) is 9.88. The van der Waals surface area contributed by atoms with Crippen molar-refractivity contribution in [2.24, 2.45) is 11.3 Å². The van der Waals surface area contributed by atoms with Gasteiger partial charge in [-0.05, 0) is 42.2 Å². The van der Waals surface area contributed by atoms with Crippen LogP contribution in [0.2, 0.25) is 0 Å². The number of rotatable bonds is 1. The van der Waals surface area contributed by atoms with Crippen LogP contribution in [0.4, 0.5) is 0 Å². The zero-order valence-electron chi connectivity index (χ0n) is 9.88. The molecule has 1 heterocycles. The monoisotopic (exact) mass is 201 g/mol. The van der Waals surface area contributed by atoms with Gasteiger partial charge in [-0.3, -0.25) is 4.98 Å². The third kappa shape index (κ3) is 1.12. The van der Waals surface area contributed by atoms with E-state index in [4.69, 9.17) is 4.98 Å². The Morgan fingerprint density at radius 2 is 2.20 bits per heavy atom. The Kier molecular flexibility index (Phi) is 1.78. The molecule has 2 atom stereocenters. The minimum atomic E-state index is 0.506. The van der Waals surface area contributed by atoms with Crippen LogP contribution in [-0.2, 0) is 12.8 Å². The van der Waals surface area contributed by atoms with Gasteiger partial charge in [-0.25, -0.2) is 0 Å². The van der Waals surface area contributed by atoms with Crippen LogP contribution in [0.15, 0.2) is 12.1 Å². The summed E-state index contributed by atoms with van der Waals surface area (Å²) in [6.45, 7) is 7.01. The first-order valence-electron chi connectivity index (χ1n) is 6.11. The zero-order chi connectivity index (χ0) is 10.6. The molecule has 0 N–H and O–H groups in total. The Morgan fingerprint density at radius 1 is 1.40 bits per heavy atom. The predicted molar refractivity (Wildman–Crippen MR) is 61.9 cm³/mol. The van der Waals surface area contributed by atoms with Gasteiger partial charge < -0.3 is 0 Å². The maximum absolute atomic E-state index is 4.85. The van der Waals surface area contributed by atoms with Gasteiger partial charge >= 0.3 is 0 Å². The summed E-state index contributed by atoms with van der Waals surface area (Å²) < 4.78 is 0. The molecule has 0 spiro atoms. The van der Waals surface area contributed by atoms with Crippen LogP contribution in [0, 0.1) is 11.3 Å². The Balaban J connectivity index is 2.07. The molecule has 1 aromatic heterocycles. The average molecular weight is 201 g/mol. The molecule has 1 heteroatoms. The molecule has 2 bridgehead atoms. The van der Waals surface area contributed by atoms with E-state index in [0.717, 1.165) is 18.3 Å². The van der Waals surface area contributed by atoms with Crippen molar-refractivity contribution in [3.05, 3.63) is 29.1 Å². The summed E-state index contributed by atoms with van der Waals surface area (Å²) in [6.07, 6.45) is 3.69. The maximum atomic E-state index is 4.85. The summed E-state index contributed by atoms with van der Waals surface area (Å²) in [5, 5.41) is 0. The highest BCUT2D eigenvalue weighted by Gasteiger charge is 2.53. The Labute approximate surface area is 91.9 Å². The van der Waals surface area contributed by atoms with Crippen molar-refractivity contribution < 1.29 is 0 Å². The second-order valence-corrected chi connectivity index (χ2v) is 5.71. The first-order chi connectivity index (χ1) is 7.13. The molecule has 0 radical (unpaired) electrons. The highest BCUT2D eigenvalue weighted by molar-refractivity contribution is 5.36. The first-order valence-corrected chi connectivity index (χ1v) is 6.11. The Hall–Kier alpha value is -0.850. The van der Waals surface area contributed by atoms with Gasteiger partial charge in [-0.1, -0.05) is 26.8 Å². The fourth-order valence-corrected chi connectivity index (χ4v) is 3.31. The minimum Gasteiger partial charge on any atom is -0.257 e. The SMILES string of the molecule is CCc1ccc2c(n1)[C@@H]1C[C@H](C2)C1(C)C. The highest BCUT2D eigenvalue weighted by atomic mass is 14.8. The largest absolute Gasteiger partial charge is 0.257 e. The number of nitrogens with zero attached hydrogens (tertiary/aromatic N) is 1. The molecule has 4 rings (SSSR count). The molecule has 0 unspecified atom stereocenters. The normalized spacial score (nSPS) is 30.6. The molecule has 0 aromatic carbocycles. The van der Waals surface area contributed by atoms with Crippen molar-refractivity contribution >= 4 is 0 Å². The maximum Gasteiger partial charge on any atom is 0.0475 e. The van der Waals surface area contributed by atoms with Crippen molar-refractivity contribution in [1.82, 2.24) is 4.98 Å². The summed E-state index contributed by atoms with van der Waals surface area (Å²) in [6, 6.07) is 4.52. The average Bonchev–Trinajstić information content (AvgIpc) is 2.27. The van der Waals surface area contributed by atoms with Crippen molar-refractivity contribution in [2.45, 2.75) is 46.0 Å². The van der Waals surface area contributed by atoms with Crippen LogP contribution in [0.3, 0.4) is 0 Å². The summed E-state index contributed by atoms with van der Waals surface area (Å²) in [5.41, 5.74) is 4.70. The standard InChI is InChI=1S/C14H19N/c1-4-11-6-5-9-7-10-8-12(13(9)15-11)14(10,2)3/h5-6,10,12H,4,7-8H2,1-3H3/t10-,12-/m0/s1. The number of pyridine rings is 1. The molecule has 15 heavy (non-hydrogen) atoms. The quantitative estimate of drug-likeness (QED) is 0.679. The van der Waals surface area contributed by atoms with Crippen LogP contribution in [0.25, 0.3) is 0 Å². The smallest absolute Gasteiger partial charge is 0.0475 e. The second-order valence-electron chi connectivity index (χ2n) is 5.71. The molecule has 3 aliphatic carbocycles. The van der Waals surface area contributed by atoms with Crippen LogP contribution in [0.5, 0.6) is 0 Å². The lowest BCUT2D eigenvalue weighted by Gasteiger charge is -2.56. The van der Waals surface area contributed by atoms with Gasteiger partial charge in [-0.15, -0.1) is 0 Å². The van der Waals surface area contributed by atoms with E-state index in [1.807, 2.05) is 0 Å². The van der Waals surface area contributed by atoms with Crippen LogP contribution in [0.1, 0.15) is 50.1 Å². The van der Waals surface area contributed by atoms with Crippen LogP contribution >= 0.6 is 0 Å². The van der Waals surface area contributed by atoms with Gasteiger partial charge in [0.15, 0.2) is 0 Å². The summed E-state index contributed by atoms with van der Waals surface area (Å²) in [7, 11) is 0. The lowest BCUT2D eigenvalue weighted by atomic mass is 9.48. The van der Waals surface area contributed by atoms with E-state index in [-0.39, 0.29) is 0 Å². The van der Waals surface area contributed by atoms with E-state index in [9.17, 15) is 0 Å². The lowest BCUT2D eigenvalue weighted by molar-refractivity contribution is 0.0153. The van der Waals surface area contributed by atoms with Crippen molar-refractivity contribution in [3.8, 4) is 0 Å². The van der Waals surface area contributed by atoms with E-state index < -0.39 is 0 Å². The van der Waals surface area contributed by atoms with Gasteiger partial charge in [0.1, 0.15) is 0 Å². The molecule has 1 saturated carbocycles. The third-order valence-electron chi connectivity index (χ3n) is 4.70. The number of hydrogen-bond acceptors (Lipinski definition) is 1. The highest BCUT2D eigenvalue weighted by Crippen LogP contribution is 2.61. The number of aromatic nitrogens is 1. The first kappa shape index (κ1) is 9.38. The fraction of sp³-hybridized carbons (Fsp3) is 0.643. The molecule has 1 fully saturated rings. The fourth-order valence-electron chi connectivity index (χ4n) is 3.31. The second kappa shape index (κ2) is 2.84. The summed E-state index contributed by atoms with van der Waals surface area (Å²) in [4.78, 5) is 4.85. The van der Waals surface area contributed by atoms with Gasteiger partial charge in [0.25, 0.3) is 0 Å². The van der Waals surface area contributed by atoms with Gasteiger partial charge in [0.2, 0.25) is 0 Å². The molecule has 1 nitrogen and oxygen atoms in total. The van der Waals surface area contributed by atoms with Crippen molar-refractivity contribution in [3.63, 3.8) is 0 Å². The van der Waals surface area contributed by atoms with Crippen LogP contribution < -0.4 is 0 Å². The lowest BCUT2D eigenvalue weighted by Crippen LogP contribution is -2.48. The van der Waals surface area contributed by atoms with Crippen molar-refractivity contribution in [2.75, 3.05) is 0 Å². The summed E-state index contributed by atoms with van der Waals surface area (Å²) in [5.74, 6) is 1.64. The van der Waals surface area contributed by atoms with E-state index >= 15 is 0 Å². The number of hydrogen-bond donors (Lipinski definition) is 0. The molecule has 80 valence electrons. The molecular formula is C14H19N. The van der Waals surface area contributed by atoms with Crippen LogP contribution in [-0.4, -0.2) is 4.98 Å². The third-order valence-corrected chi connectivity index (χ3v) is 4.70. The van der Waals surface area contributed by atoms with E-state index in [0.29, 0.717) is 5.41 Å². The topological polar surface area (TPSA) is 12.9 Å². The van der Waals surface area contributed by atoms with E-state index in [2.05, 4.69) is 32.9 Å². The molecule has 0 amide bonds. The van der Waals surface area contributed by atoms with E-state index in [1.54, 1.807) is 0 Å². The van der Waals surface area contributed by atoms with Gasteiger partial charge in [-0.2, -0.15) is 0 Å². The number of aryl methyl sites for hydroxylation is 1. The Bertz CT molecular complexity index is 406. The molecule has 3 aliphatic rings. The Morgan fingerprint density at radius 3 is 2.87 bits per heavy atom. The molecule has 0 aliphatic heterocycles. The molecule has 0 saturated heterocycles. The van der Waals surface area contributed by atoms with E-state index in [1.165, 1.54) is 29.8 Å². The molecule has 1 aromatic rings. The van der Waals surface area contributed by atoms with Gasteiger partial charge in [0, 0.05) is 17.3 Å². The molecular weight excluding hydrogens is 182 g/mol. The van der Waals surface area contributed by atoms with Crippen molar-refractivity contribution in [1.29, 1.82) is 0 Å². The predicted octanol–water partition coefficient (Wildman–Crippen LogP) is 3.33. The van der Waals surface area contributed by atoms with Gasteiger partial charge in [0.05, 0.1) is 0 Å².